The van der Waals surface area contributed by atoms with Gasteiger partial charge in [-0.05, 0) is 0 Å². The van der Waals surface area contributed by atoms with Gasteiger partial charge in [0, 0.05) is 25.9 Å². The van der Waals surface area contributed by atoms with Crippen molar-refractivity contribution < 1.29 is 29.7 Å². The summed E-state index contributed by atoms with van der Waals surface area (Å²) in [7, 11) is 0. The van der Waals surface area contributed by atoms with Crippen LogP contribution >= 0.6 is 0 Å². The van der Waals surface area contributed by atoms with E-state index in [0.717, 1.165) is 4.90 Å². The fourth-order valence-electron chi connectivity index (χ4n) is 2.92. The SMILES string of the molecule is NCC(=O)N1C[C@H](O)C[C@H]1C(=O)N1C[C@H](O)C[C@H]1C(=O)O. The van der Waals surface area contributed by atoms with Crippen molar-refractivity contribution in [3.63, 3.8) is 0 Å². The third-order valence-corrected chi connectivity index (χ3v) is 3.91. The smallest absolute Gasteiger partial charge is 0.326 e. The van der Waals surface area contributed by atoms with Crippen molar-refractivity contribution in [1.29, 1.82) is 0 Å². The third-order valence-electron chi connectivity index (χ3n) is 3.91. The molecule has 0 bridgehead atoms. The van der Waals surface area contributed by atoms with Crippen molar-refractivity contribution in [2.75, 3.05) is 19.6 Å². The number of β-amino-alcohol motifs (C(OH)–C–C–N with tert-alkyl or cyclic N) is 2. The van der Waals surface area contributed by atoms with E-state index in [2.05, 4.69) is 0 Å². The van der Waals surface area contributed by atoms with Gasteiger partial charge in [0.15, 0.2) is 0 Å². The molecule has 0 aromatic carbocycles. The molecule has 2 saturated heterocycles. The van der Waals surface area contributed by atoms with E-state index in [1.807, 2.05) is 0 Å². The highest BCUT2D eigenvalue weighted by Crippen LogP contribution is 2.25. The second-order valence-corrected chi connectivity index (χ2v) is 5.39. The maximum Gasteiger partial charge on any atom is 0.326 e. The molecular formula is C12H19N3O6. The predicted molar refractivity (Wildman–Crippen MR) is 68.9 cm³/mol. The summed E-state index contributed by atoms with van der Waals surface area (Å²) < 4.78 is 0. The van der Waals surface area contributed by atoms with Gasteiger partial charge in [0.1, 0.15) is 12.1 Å². The largest absolute Gasteiger partial charge is 0.480 e. The van der Waals surface area contributed by atoms with Crippen molar-refractivity contribution in [2.24, 2.45) is 5.73 Å². The number of likely N-dealkylation sites (tertiary alicyclic amines) is 2. The van der Waals surface area contributed by atoms with Crippen LogP contribution in [0.4, 0.5) is 0 Å². The molecule has 0 aliphatic carbocycles. The van der Waals surface area contributed by atoms with Crippen molar-refractivity contribution in [1.82, 2.24) is 9.80 Å². The zero-order valence-corrected chi connectivity index (χ0v) is 11.4. The van der Waals surface area contributed by atoms with E-state index in [4.69, 9.17) is 10.8 Å². The number of aliphatic hydroxyl groups is 2. The summed E-state index contributed by atoms with van der Waals surface area (Å²) in [6.45, 7) is -0.380. The zero-order chi connectivity index (χ0) is 15.7. The van der Waals surface area contributed by atoms with Gasteiger partial charge in [-0.2, -0.15) is 0 Å². The van der Waals surface area contributed by atoms with E-state index in [0.29, 0.717) is 0 Å². The molecule has 9 heteroatoms. The van der Waals surface area contributed by atoms with Gasteiger partial charge in [0.25, 0.3) is 0 Å². The number of carbonyl (C=O) groups is 3. The van der Waals surface area contributed by atoms with Gasteiger partial charge in [-0.1, -0.05) is 0 Å². The number of hydrogen-bond acceptors (Lipinski definition) is 6. The Morgan fingerprint density at radius 3 is 2.05 bits per heavy atom. The van der Waals surface area contributed by atoms with Crippen molar-refractivity contribution in [3.8, 4) is 0 Å². The molecule has 2 aliphatic heterocycles. The zero-order valence-electron chi connectivity index (χ0n) is 11.4. The van der Waals surface area contributed by atoms with Crippen molar-refractivity contribution >= 4 is 17.8 Å². The van der Waals surface area contributed by atoms with Gasteiger partial charge < -0.3 is 30.9 Å². The summed E-state index contributed by atoms with van der Waals surface area (Å²) in [5.41, 5.74) is 5.28. The van der Waals surface area contributed by atoms with Crippen molar-refractivity contribution in [2.45, 2.75) is 37.1 Å². The minimum absolute atomic E-state index is 0.000567. The van der Waals surface area contributed by atoms with E-state index in [1.165, 1.54) is 4.90 Å². The fraction of sp³-hybridized carbons (Fsp3) is 0.750. The molecule has 2 heterocycles. The van der Waals surface area contributed by atoms with Crippen LogP contribution in [0, 0.1) is 0 Å². The maximum atomic E-state index is 12.5. The molecule has 9 nitrogen and oxygen atoms in total. The van der Waals surface area contributed by atoms with Crippen LogP contribution in [0.3, 0.4) is 0 Å². The van der Waals surface area contributed by atoms with Gasteiger partial charge in [-0.3, -0.25) is 9.59 Å². The molecule has 5 N–H and O–H groups in total. The molecular weight excluding hydrogens is 282 g/mol. The van der Waals surface area contributed by atoms with E-state index >= 15 is 0 Å². The molecule has 4 atom stereocenters. The standard InChI is InChI=1S/C12H19N3O6/c13-3-10(18)14-4-6(16)1-8(14)11(19)15-5-7(17)2-9(15)12(20)21/h6-9,16-17H,1-5,13H2,(H,20,21)/t6-,7-,8+,9+/m1/s1. The summed E-state index contributed by atoms with van der Waals surface area (Å²) in [6.07, 6.45) is -1.74. The Labute approximate surface area is 120 Å². The Morgan fingerprint density at radius 1 is 1.00 bits per heavy atom. The lowest BCUT2D eigenvalue weighted by Crippen LogP contribution is -2.52. The quantitative estimate of drug-likeness (QED) is 0.433. The monoisotopic (exact) mass is 301 g/mol. The minimum Gasteiger partial charge on any atom is -0.480 e. The van der Waals surface area contributed by atoms with Crippen LogP contribution in [0.1, 0.15) is 12.8 Å². The van der Waals surface area contributed by atoms with E-state index in [-0.39, 0.29) is 32.5 Å². The number of carbonyl (C=O) groups excluding carboxylic acids is 2. The van der Waals surface area contributed by atoms with Gasteiger partial charge >= 0.3 is 5.97 Å². The fourth-order valence-corrected chi connectivity index (χ4v) is 2.92. The summed E-state index contributed by atoms with van der Waals surface area (Å²) >= 11 is 0. The Morgan fingerprint density at radius 2 is 1.52 bits per heavy atom. The van der Waals surface area contributed by atoms with E-state index in [1.54, 1.807) is 0 Å². The summed E-state index contributed by atoms with van der Waals surface area (Å²) in [4.78, 5) is 37.6. The molecule has 2 rings (SSSR count). The molecule has 0 spiro atoms. The first-order valence-corrected chi connectivity index (χ1v) is 6.74. The maximum absolute atomic E-state index is 12.5. The Bertz CT molecular complexity index is 456. The van der Waals surface area contributed by atoms with Gasteiger partial charge in [-0.25, -0.2) is 4.79 Å². The molecule has 0 radical (unpaired) electrons. The van der Waals surface area contributed by atoms with Crippen LogP contribution in [0.2, 0.25) is 0 Å². The molecule has 0 aromatic rings. The highest BCUT2D eigenvalue weighted by Gasteiger charge is 2.46. The first kappa shape index (κ1) is 15.7. The second kappa shape index (κ2) is 5.96. The summed E-state index contributed by atoms with van der Waals surface area (Å²) in [6, 6.07) is -2.04. The first-order valence-electron chi connectivity index (χ1n) is 6.74. The predicted octanol–water partition coefficient (Wildman–Crippen LogP) is -3.05. The average Bonchev–Trinajstić information content (AvgIpc) is 3.00. The molecule has 0 unspecified atom stereocenters. The number of nitrogens with zero attached hydrogens (tertiary/aromatic N) is 2. The van der Waals surface area contributed by atoms with E-state index < -0.39 is 42.1 Å². The second-order valence-electron chi connectivity index (χ2n) is 5.39. The normalized spacial score (nSPS) is 32.5. The number of nitrogens with two attached hydrogens (primary N) is 1. The third kappa shape index (κ3) is 2.99. The highest BCUT2D eigenvalue weighted by atomic mass is 16.4. The highest BCUT2D eigenvalue weighted by molar-refractivity contribution is 5.92. The Balaban J connectivity index is 2.17. The van der Waals surface area contributed by atoms with Crippen LogP contribution in [0.15, 0.2) is 0 Å². The Kier molecular flexibility index (Phi) is 4.45. The van der Waals surface area contributed by atoms with Crippen LogP contribution in [-0.2, 0) is 14.4 Å². The van der Waals surface area contributed by atoms with Gasteiger partial charge in [-0.15, -0.1) is 0 Å². The summed E-state index contributed by atoms with van der Waals surface area (Å²) in [5.74, 6) is -2.25. The first-order chi connectivity index (χ1) is 9.85. The van der Waals surface area contributed by atoms with Crippen molar-refractivity contribution in [3.05, 3.63) is 0 Å². The summed E-state index contributed by atoms with van der Waals surface area (Å²) in [5, 5.41) is 28.4. The van der Waals surface area contributed by atoms with Gasteiger partial charge in [0.05, 0.1) is 18.8 Å². The van der Waals surface area contributed by atoms with E-state index in [9.17, 15) is 24.6 Å². The number of amides is 2. The number of aliphatic carboxylic acids is 1. The lowest BCUT2D eigenvalue weighted by Gasteiger charge is -2.29. The molecule has 0 aromatic heterocycles. The minimum atomic E-state index is -1.20. The number of carboxylic acid groups (broad SMARTS) is 1. The van der Waals surface area contributed by atoms with Crippen LogP contribution < -0.4 is 5.73 Å². The Hall–Kier alpha value is -1.71. The molecule has 2 fully saturated rings. The molecule has 21 heavy (non-hydrogen) atoms. The average molecular weight is 301 g/mol. The van der Waals surface area contributed by atoms with Crippen LogP contribution in [0.25, 0.3) is 0 Å². The molecule has 2 aliphatic rings. The topological polar surface area (TPSA) is 144 Å². The van der Waals surface area contributed by atoms with Crippen LogP contribution in [-0.4, -0.2) is 86.8 Å². The number of rotatable bonds is 3. The number of aliphatic hydroxyl groups excluding tert-OH is 2. The number of carboxylic acids is 1. The lowest BCUT2D eigenvalue weighted by atomic mass is 10.1. The van der Waals surface area contributed by atoms with Gasteiger partial charge in [0.2, 0.25) is 11.8 Å². The molecule has 118 valence electrons. The molecule has 0 saturated carbocycles. The lowest BCUT2D eigenvalue weighted by molar-refractivity contribution is -0.151. The number of hydrogen-bond donors (Lipinski definition) is 4. The van der Waals surface area contributed by atoms with Crippen LogP contribution in [0.5, 0.6) is 0 Å². The molecule has 2 amide bonds.